The lowest BCUT2D eigenvalue weighted by molar-refractivity contribution is -0.116. The minimum absolute atomic E-state index is 0.126. The molecule has 2 aromatic carbocycles. The Morgan fingerprint density at radius 2 is 1.83 bits per heavy atom. The van der Waals surface area contributed by atoms with E-state index in [1.807, 2.05) is 0 Å². The molecule has 0 spiro atoms. The zero-order valence-electron chi connectivity index (χ0n) is 17.1. The summed E-state index contributed by atoms with van der Waals surface area (Å²) in [5.74, 6) is 1.04. The Labute approximate surface area is 173 Å². The summed E-state index contributed by atoms with van der Waals surface area (Å²) in [5, 5.41) is 3.32. The molecule has 0 saturated carbocycles. The number of amides is 1. The van der Waals surface area contributed by atoms with Crippen molar-refractivity contribution >= 4 is 22.5 Å². The van der Waals surface area contributed by atoms with Crippen molar-refractivity contribution in [1.82, 2.24) is 9.55 Å². The van der Waals surface area contributed by atoms with E-state index in [-0.39, 0.29) is 11.5 Å². The van der Waals surface area contributed by atoms with Crippen molar-refractivity contribution < 1.29 is 14.3 Å². The van der Waals surface area contributed by atoms with Gasteiger partial charge in [-0.05, 0) is 37.1 Å². The molecule has 0 atom stereocenters. The molecule has 0 aliphatic carbocycles. The summed E-state index contributed by atoms with van der Waals surface area (Å²) in [6.45, 7) is 0.312. The average molecular weight is 411 g/mol. The minimum atomic E-state index is -0.414. The number of benzene rings is 2. The van der Waals surface area contributed by atoms with Gasteiger partial charge in [-0.2, -0.15) is 0 Å². The third-order valence-electron chi connectivity index (χ3n) is 4.86. The van der Waals surface area contributed by atoms with Crippen molar-refractivity contribution in [2.45, 2.75) is 32.2 Å². The molecule has 3 rings (SSSR count). The van der Waals surface area contributed by atoms with Gasteiger partial charge in [0, 0.05) is 19.0 Å². The lowest BCUT2D eigenvalue weighted by Gasteiger charge is -2.11. The molecule has 0 aliphatic heterocycles. The Hall–Kier alpha value is -3.55. The Morgan fingerprint density at radius 3 is 2.60 bits per heavy atom. The monoisotopic (exact) mass is 411 g/mol. The fraction of sp³-hybridized carbons (Fsp3) is 0.318. The summed E-state index contributed by atoms with van der Waals surface area (Å²) in [7, 11) is 3.09. The highest BCUT2D eigenvalue weighted by atomic mass is 16.5. The number of unbranched alkanes of at least 4 members (excludes halogenated alkanes) is 2. The summed E-state index contributed by atoms with van der Waals surface area (Å²) in [5.41, 5.74) is 0.411. The van der Waals surface area contributed by atoms with Gasteiger partial charge in [0.05, 0.1) is 30.8 Å². The van der Waals surface area contributed by atoms with E-state index in [0.29, 0.717) is 60.3 Å². The zero-order valence-corrected chi connectivity index (χ0v) is 17.1. The molecule has 158 valence electrons. The molecule has 0 saturated heterocycles. The van der Waals surface area contributed by atoms with Crippen molar-refractivity contribution in [2.75, 3.05) is 19.5 Å². The smallest absolute Gasteiger partial charge is 0.328 e. The molecule has 2 N–H and O–H groups in total. The summed E-state index contributed by atoms with van der Waals surface area (Å²) < 4.78 is 11.6. The molecule has 0 radical (unpaired) electrons. The van der Waals surface area contributed by atoms with Crippen LogP contribution in [0.2, 0.25) is 0 Å². The van der Waals surface area contributed by atoms with Crippen LogP contribution in [0.15, 0.2) is 52.1 Å². The quantitative estimate of drug-likeness (QED) is 0.527. The number of hydrogen-bond donors (Lipinski definition) is 2. The third kappa shape index (κ3) is 4.89. The SMILES string of the molecule is COc1ccc(NC(=O)CCCCCn2c(=O)[nH]c3ccccc3c2=O)c(OC)c1. The van der Waals surface area contributed by atoms with Crippen LogP contribution < -0.4 is 26.0 Å². The maximum Gasteiger partial charge on any atom is 0.328 e. The molecular formula is C22H25N3O5. The van der Waals surface area contributed by atoms with Crippen LogP contribution in [0.5, 0.6) is 11.5 Å². The van der Waals surface area contributed by atoms with Gasteiger partial charge in [0.2, 0.25) is 5.91 Å². The second-order valence-corrected chi connectivity index (χ2v) is 6.86. The number of methoxy groups -OCH3 is 2. The number of anilines is 1. The van der Waals surface area contributed by atoms with E-state index in [1.54, 1.807) is 49.6 Å². The molecule has 1 amide bonds. The lowest BCUT2D eigenvalue weighted by atomic mass is 10.1. The largest absolute Gasteiger partial charge is 0.497 e. The fourth-order valence-corrected chi connectivity index (χ4v) is 3.25. The maximum atomic E-state index is 12.5. The van der Waals surface area contributed by atoms with Crippen LogP contribution in [0.25, 0.3) is 10.9 Å². The highest BCUT2D eigenvalue weighted by Gasteiger charge is 2.10. The summed E-state index contributed by atoms with van der Waals surface area (Å²) in [4.78, 5) is 39.6. The second-order valence-electron chi connectivity index (χ2n) is 6.86. The van der Waals surface area contributed by atoms with Crippen molar-refractivity contribution in [2.24, 2.45) is 0 Å². The number of para-hydroxylation sites is 1. The molecule has 0 aliphatic rings. The number of ether oxygens (including phenoxy) is 2. The van der Waals surface area contributed by atoms with Crippen LogP contribution in [0.3, 0.4) is 0 Å². The van der Waals surface area contributed by atoms with Crippen LogP contribution in [0, 0.1) is 0 Å². The number of aromatic amines is 1. The maximum absolute atomic E-state index is 12.5. The van der Waals surface area contributed by atoms with Crippen molar-refractivity contribution in [3.05, 3.63) is 63.3 Å². The number of hydrogen-bond acceptors (Lipinski definition) is 5. The van der Waals surface area contributed by atoms with E-state index in [9.17, 15) is 14.4 Å². The number of nitrogens with one attached hydrogen (secondary N) is 2. The van der Waals surface area contributed by atoms with E-state index in [0.717, 1.165) is 0 Å². The molecule has 1 heterocycles. The number of fused-ring (bicyclic) bond motifs is 1. The van der Waals surface area contributed by atoms with Gasteiger partial charge in [0.15, 0.2) is 0 Å². The van der Waals surface area contributed by atoms with E-state index in [4.69, 9.17) is 9.47 Å². The highest BCUT2D eigenvalue weighted by Crippen LogP contribution is 2.29. The summed E-state index contributed by atoms with van der Waals surface area (Å²) in [6, 6.07) is 12.1. The molecule has 8 nitrogen and oxygen atoms in total. The first-order valence-electron chi connectivity index (χ1n) is 9.77. The second kappa shape index (κ2) is 9.78. The third-order valence-corrected chi connectivity index (χ3v) is 4.86. The predicted octanol–water partition coefficient (Wildman–Crippen LogP) is 2.91. The molecular weight excluding hydrogens is 386 g/mol. The number of aromatic nitrogens is 2. The fourth-order valence-electron chi connectivity index (χ4n) is 3.25. The van der Waals surface area contributed by atoms with Gasteiger partial charge in [0.1, 0.15) is 11.5 Å². The normalized spacial score (nSPS) is 10.7. The number of carbonyl (C=O) groups excluding carboxylic acids is 1. The molecule has 30 heavy (non-hydrogen) atoms. The van der Waals surface area contributed by atoms with Gasteiger partial charge in [-0.25, -0.2) is 4.79 Å². The van der Waals surface area contributed by atoms with Crippen LogP contribution in [0.1, 0.15) is 25.7 Å². The Balaban J connectivity index is 1.50. The van der Waals surface area contributed by atoms with Crippen LogP contribution in [-0.2, 0) is 11.3 Å². The van der Waals surface area contributed by atoms with E-state index >= 15 is 0 Å². The van der Waals surface area contributed by atoms with Gasteiger partial charge >= 0.3 is 5.69 Å². The van der Waals surface area contributed by atoms with Gasteiger partial charge in [-0.15, -0.1) is 0 Å². The van der Waals surface area contributed by atoms with E-state index in [2.05, 4.69) is 10.3 Å². The van der Waals surface area contributed by atoms with Crippen molar-refractivity contribution in [3.8, 4) is 11.5 Å². The van der Waals surface area contributed by atoms with Crippen molar-refractivity contribution in [1.29, 1.82) is 0 Å². The van der Waals surface area contributed by atoms with Gasteiger partial charge in [-0.3, -0.25) is 14.2 Å². The topological polar surface area (TPSA) is 102 Å². The van der Waals surface area contributed by atoms with Crippen molar-refractivity contribution in [3.63, 3.8) is 0 Å². The Bertz CT molecular complexity index is 1150. The van der Waals surface area contributed by atoms with Gasteiger partial charge in [0.25, 0.3) is 5.56 Å². The van der Waals surface area contributed by atoms with Crippen LogP contribution >= 0.6 is 0 Å². The number of rotatable bonds is 9. The first-order valence-corrected chi connectivity index (χ1v) is 9.77. The molecule has 8 heteroatoms. The van der Waals surface area contributed by atoms with Gasteiger partial charge < -0.3 is 19.8 Å². The lowest BCUT2D eigenvalue weighted by Crippen LogP contribution is -2.35. The standard InChI is InChI=1S/C22H25N3O5/c1-29-15-11-12-18(19(14-15)30-2)23-20(26)10-4-3-7-13-25-21(27)16-8-5-6-9-17(16)24-22(25)28/h5-6,8-9,11-12,14H,3-4,7,10,13H2,1-2H3,(H,23,26)(H,24,28). The molecule has 0 bridgehead atoms. The molecule has 3 aromatic rings. The Morgan fingerprint density at radius 1 is 1.03 bits per heavy atom. The number of carbonyl (C=O) groups is 1. The van der Waals surface area contributed by atoms with E-state index in [1.165, 1.54) is 11.7 Å². The number of nitrogens with zero attached hydrogens (tertiary/aromatic N) is 1. The number of H-pyrrole nitrogens is 1. The summed E-state index contributed by atoms with van der Waals surface area (Å²) in [6.07, 6.45) is 2.31. The Kier molecular flexibility index (Phi) is 6.90. The zero-order chi connectivity index (χ0) is 21.5. The predicted molar refractivity (Wildman–Crippen MR) is 115 cm³/mol. The average Bonchev–Trinajstić information content (AvgIpc) is 2.75. The molecule has 1 aromatic heterocycles. The van der Waals surface area contributed by atoms with Crippen LogP contribution in [-0.4, -0.2) is 29.7 Å². The van der Waals surface area contributed by atoms with Crippen LogP contribution in [0.4, 0.5) is 5.69 Å². The first-order chi connectivity index (χ1) is 14.5. The molecule has 0 fully saturated rings. The first kappa shape index (κ1) is 21.2. The van der Waals surface area contributed by atoms with E-state index < -0.39 is 5.69 Å². The molecule has 0 unspecified atom stereocenters. The highest BCUT2D eigenvalue weighted by molar-refractivity contribution is 5.92. The minimum Gasteiger partial charge on any atom is -0.497 e. The van der Waals surface area contributed by atoms with Gasteiger partial charge in [-0.1, -0.05) is 18.6 Å². The summed E-state index contributed by atoms with van der Waals surface area (Å²) >= 11 is 0.